The molecule has 1 heterocycles. The molecule has 4 nitrogen and oxygen atoms in total. The molecular formula is C12H12F3N3O. The number of hydrogen-bond donors (Lipinski definition) is 1. The van der Waals surface area contributed by atoms with Crippen LogP contribution in [0.2, 0.25) is 0 Å². The number of hydrogen-bond acceptors (Lipinski definition) is 3. The third kappa shape index (κ3) is 2.98. The number of halogens is 3. The number of benzene rings is 1. The zero-order valence-electron chi connectivity index (χ0n) is 10.1. The maximum atomic E-state index is 12.4. The van der Waals surface area contributed by atoms with E-state index < -0.39 is 11.7 Å². The molecule has 0 aliphatic heterocycles. The molecule has 2 N–H and O–H groups in total. The van der Waals surface area contributed by atoms with Gasteiger partial charge in [0.1, 0.15) is 11.6 Å². The molecule has 0 saturated heterocycles. The van der Waals surface area contributed by atoms with E-state index in [0.29, 0.717) is 12.4 Å². The smallest absolute Gasteiger partial charge is 0.416 e. The molecule has 2 rings (SSSR count). The Hall–Kier alpha value is -2.18. The van der Waals surface area contributed by atoms with Gasteiger partial charge >= 0.3 is 12.2 Å². The number of ether oxygens (including phenoxy) is 1. The number of imidazole rings is 1. The van der Waals surface area contributed by atoms with Crippen molar-refractivity contribution in [1.29, 1.82) is 0 Å². The van der Waals surface area contributed by atoms with E-state index >= 15 is 0 Å². The van der Waals surface area contributed by atoms with Gasteiger partial charge in [-0.2, -0.15) is 18.2 Å². The summed E-state index contributed by atoms with van der Waals surface area (Å²) in [6.07, 6.45) is -2.76. The molecule has 2 aromatic rings. The van der Waals surface area contributed by atoms with Crippen molar-refractivity contribution in [2.75, 3.05) is 5.73 Å². The topological polar surface area (TPSA) is 53.1 Å². The van der Waals surface area contributed by atoms with Gasteiger partial charge in [0.2, 0.25) is 0 Å². The highest BCUT2D eigenvalue weighted by Crippen LogP contribution is 2.31. The van der Waals surface area contributed by atoms with Gasteiger partial charge in [0.15, 0.2) is 0 Å². The summed E-state index contributed by atoms with van der Waals surface area (Å²) in [4.78, 5) is 3.94. The number of anilines is 1. The van der Waals surface area contributed by atoms with Gasteiger partial charge in [0.25, 0.3) is 0 Å². The van der Waals surface area contributed by atoms with Crippen LogP contribution in [0.15, 0.2) is 30.5 Å². The van der Waals surface area contributed by atoms with Crippen molar-refractivity contribution in [3.63, 3.8) is 0 Å². The first-order chi connectivity index (χ1) is 8.90. The molecule has 0 aliphatic carbocycles. The van der Waals surface area contributed by atoms with Gasteiger partial charge in [-0.15, -0.1) is 0 Å². The molecule has 1 aromatic heterocycles. The molecule has 0 saturated carbocycles. The largest absolute Gasteiger partial charge is 0.425 e. The SMILES string of the molecule is CCn1cc(N)nc1Oc1ccc(C(F)(F)F)cc1. The average molecular weight is 271 g/mol. The Morgan fingerprint density at radius 1 is 1.26 bits per heavy atom. The van der Waals surface area contributed by atoms with E-state index in [1.807, 2.05) is 6.92 Å². The predicted octanol–water partition coefficient (Wildman–Crippen LogP) is 3.30. The molecule has 102 valence electrons. The number of alkyl halides is 3. The van der Waals surface area contributed by atoms with Crippen molar-refractivity contribution in [3.8, 4) is 11.8 Å². The summed E-state index contributed by atoms with van der Waals surface area (Å²) in [6, 6.07) is 4.65. The van der Waals surface area contributed by atoms with Crippen LogP contribution in [0.5, 0.6) is 11.8 Å². The minimum atomic E-state index is -4.36. The van der Waals surface area contributed by atoms with Gasteiger partial charge in [-0.3, -0.25) is 4.57 Å². The van der Waals surface area contributed by atoms with Crippen LogP contribution in [-0.4, -0.2) is 9.55 Å². The maximum absolute atomic E-state index is 12.4. The van der Waals surface area contributed by atoms with Crippen molar-refractivity contribution >= 4 is 5.82 Å². The van der Waals surface area contributed by atoms with Crippen LogP contribution in [0, 0.1) is 0 Å². The highest BCUT2D eigenvalue weighted by molar-refractivity contribution is 5.33. The highest BCUT2D eigenvalue weighted by Gasteiger charge is 2.30. The Morgan fingerprint density at radius 2 is 1.89 bits per heavy atom. The summed E-state index contributed by atoms with van der Waals surface area (Å²) >= 11 is 0. The molecule has 0 bridgehead atoms. The minimum Gasteiger partial charge on any atom is -0.425 e. The van der Waals surface area contributed by atoms with Crippen molar-refractivity contribution < 1.29 is 17.9 Å². The van der Waals surface area contributed by atoms with E-state index in [4.69, 9.17) is 10.5 Å². The van der Waals surface area contributed by atoms with E-state index in [-0.39, 0.29) is 11.8 Å². The van der Waals surface area contributed by atoms with Crippen molar-refractivity contribution in [2.24, 2.45) is 0 Å². The second-order valence-corrected chi connectivity index (χ2v) is 3.86. The molecule has 0 radical (unpaired) electrons. The number of aryl methyl sites for hydroxylation is 1. The van der Waals surface area contributed by atoms with E-state index in [1.165, 1.54) is 12.1 Å². The fourth-order valence-corrected chi connectivity index (χ4v) is 1.54. The standard InChI is InChI=1S/C12H12F3N3O/c1-2-18-7-10(16)17-11(18)19-9-5-3-8(4-6-9)12(13,14)15/h3-7H,2,16H2,1H3. The fraction of sp³-hybridized carbons (Fsp3) is 0.250. The lowest BCUT2D eigenvalue weighted by molar-refractivity contribution is -0.137. The lowest BCUT2D eigenvalue weighted by Crippen LogP contribution is -2.04. The molecule has 1 aromatic carbocycles. The number of nitrogens with zero attached hydrogens (tertiary/aromatic N) is 2. The van der Waals surface area contributed by atoms with Crippen molar-refractivity contribution in [3.05, 3.63) is 36.0 Å². The minimum absolute atomic E-state index is 0.250. The van der Waals surface area contributed by atoms with Gasteiger partial charge in [-0.05, 0) is 31.2 Å². The molecule has 0 unspecified atom stereocenters. The quantitative estimate of drug-likeness (QED) is 0.931. The zero-order valence-corrected chi connectivity index (χ0v) is 10.1. The van der Waals surface area contributed by atoms with Gasteiger partial charge in [-0.1, -0.05) is 0 Å². The molecule has 19 heavy (non-hydrogen) atoms. The summed E-state index contributed by atoms with van der Waals surface area (Å²) in [5.74, 6) is 0.567. The Morgan fingerprint density at radius 3 is 2.42 bits per heavy atom. The predicted molar refractivity (Wildman–Crippen MR) is 63.8 cm³/mol. The second-order valence-electron chi connectivity index (χ2n) is 3.86. The van der Waals surface area contributed by atoms with Gasteiger partial charge in [-0.25, -0.2) is 0 Å². The summed E-state index contributed by atoms with van der Waals surface area (Å²) in [6.45, 7) is 2.47. The summed E-state index contributed by atoms with van der Waals surface area (Å²) < 4.78 is 44.2. The normalized spacial score (nSPS) is 11.6. The van der Waals surface area contributed by atoms with E-state index in [0.717, 1.165) is 12.1 Å². The molecular weight excluding hydrogens is 259 g/mol. The Kier molecular flexibility index (Phi) is 3.37. The lowest BCUT2D eigenvalue weighted by Gasteiger charge is -2.09. The van der Waals surface area contributed by atoms with E-state index in [9.17, 15) is 13.2 Å². The van der Waals surface area contributed by atoms with Crippen LogP contribution in [0.1, 0.15) is 12.5 Å². The summed E-state index contributed by atoms with van der Waals surface area (Å²) in [5.41, 5.74) is 4.81. The number of rotatable bonds is 3. The summed E-state index contributed by atoms with van der Waals surface area (Å²) in [5, 5.41) is 0. The van der Waals surface area contributed by atoms with Gasteiger partial charge in [0, 0.05) is 6.54 Å². The third-order valence-electron chi connectivity index (χ3n) is 2.49. The monoisotopic (exact) mass is 271 g/mol. The lowest BCUT2D eigenvalue weighted by atomic mass is 10.2. The average Bonchev–Trinajstić information content (AvgIpc) is 2.69. The Bertz CT molecular complexity index is 561. The maximum Gasteiger partial charge on any atom is 0.416 e. The van der Waals surface area contributed by atoms with Gasteiger partial charge < -0.3 is 10.5 Å². The first kappa shape index (κ1) is 13.3. The van der Waals surface area contributed by atoms with Crippen molar-refractivity contribution in [2.45, 2.75) is 19.6 Å². The van der Waals surface area contributed by atoms with Crippen LogP contribution in [0.4, 0.5) is 19.0 Å². The number of nitrogens with two attached hydrogens (primary N) is 1. The van der Waals surface area contributed by atoms with Crippen LogP contribution >= 0.6 is 0 Å². The van der Waals surface area contributed by atoms with Crippen molar-refractivity contribution in [1.82, 2.24) is 9.55 Å². The first-order valence-corrected chi connectivity index (χ1v) is 5.58. The molecule has 0 amide bonds. The Balaban J connectivity index is 2.19. The molecule has 0 aliphatic rings. The number of aromatic nitrogens is 2. The summed E-state index contributed by atoms with van der Waals surface area (Å²) in [7, 11) is 0. The van der Waals surface area contributed by atoms with Gasteiger partial charge in [0.05, 0.1) is 11.8 Å². The zero-order chi connectivity index (χ0) is 14.0. The fourth-order valence-electron chi connectivity index (χ4n) is 1.54. The van der Waals surface area contributed by atoms with E-state index in [1.54, 1.807) is 10.8 Å². The van der Waals surface area contributed by atoms with Crippen LogP contribution in [0.3, 0.4) is 0 Å². The van der Waals surface area contributed by atoms with Crippen LogP contribution in [0.25, 0.3) is 0 Å². The highest BCUT2D eigenvalue weighted by atomic mass is 19.4. The van der Waals surface area contributed by atoms with Crippen LogP contribution < -0.4 is 10.5 Å². The first-order valence-electron chi connectivity index (χ1n) is 5.58. The molecule has 7 heteroatoms. The third-order valence-corrected chi connectivity index (χ3v) is 2.49. The number of nitrogen functional groups attached to an aromatic ring is 1. The van der Waals surface area contributed by atoms with E-state index in [2.05, 4.69) is 4.98 Å². The molecule has 0 spiro atoms. The second kappa shape index (κ2) is 4.83. The molecule has 0 atom stereocenters. The molecule has 0 fully saturated rings. The van der Waals surface area contributed by atoms with Crippen LogP contribution in [-0.2, 0) is 12.7 Å². The Labute approximate surface area is 107 Å².